The first-order valence-corrected chi connectivity index (χ1v) is 7.95. The van der Waals surface area contributed by atoms with Gasteiger partial charge in [0.2, 0.25) is 0 Å². The van der Waals surface area contributed by atoms with Gasteiger partial charge in [0.05, 0.1) is 28.0 Å². The fraction of sp³-hybridized carbons (Fsp3) is 0.231. The maximum absolute atomic E-state index is 5.58. The van der Waals surface area contributed by atoms with Crippen LogP contribution >= 0.6 is 22.7 Å². The van der Waals surface area contributed by atoms with E-state index >= 15 is 0 Å². The lowest BCUT2D eigenvalue weighted by atomic mass is 10.3. The van der Waals surface area contributed by atoms with E-state index in [1.54, 1.807) is 22.7 Å². The summed E-state index contributed by atoms with van der Waals surface area (Å²) in [6.45, 7) is 1.89. The number of nitrogens with zero attached hydrogens (tertiary/aromatic N) is 2. The average Bonchev–Trinajstić information content (AvgIpc) is 3.11. The number of fused-ring (bicyclic) bond motifs is 2. The molecule has 0 fully saturated rings. The number of thiazole rings is 2. The summed E-state index contributed by atoms with van der Waals surface area (Å²) in [5.41, 5.74) is 3.79. The summed E-state index contributed by atoms with van der Waals surface area (Å²) in [6, 6.07) is 3.93. The SMILES string of the molecule is c1nc(CNc2nc3cc4c(cc3s2)OCCO4)cs1. The van der Waals surface area contributed by atoms with Crippen molar-refractivity contribution in [3.05, 3.63) is 28.7 Å². The Hall–Kier alpha value is -1.86. The highest BCUT2D eigenvalue weighted by atomic mass is 32.1. The molecule has 0 saturated heterocycles. The monoisotopic (exact) mass is 305 g/mol. The van der Waals surface area contributed by atoms with Crippen LogP contribution in [-0.4, -0.2) is 23.2 Å². The van der Waals surface area contributed by atoms with E-state index in [2.05, 4.69) is 15.3 Å². The molecular formula is C13H11N3O2S2. The number of hydrogen-bond acceptors (Lipinski definition) is 7. The quantitative estimate of drug-likeness (QED) is 0.805. The molecule has 1 aromatic carbocycles. The fourth-order valence-electron chi connectivity index (χ4n) is 2.03. The molecule has 0 radical (unpaired) electrons. The third-order valence-corrected chi connectivity index (χ3v) is 4.57. The van der Waals surface area contributed by atoms with Gasteiger partial charge in [-0.1, -0.05) is 11.3 Å². The standard InChI is InChI=1S/C13H11N3O2S2/c1-2-18-11-4-12-9(3-10(11)17-1)16-13(20-12)14-5-8-6-19-7-15-8/h3-4,6-7H,1-2,5H2,(H,14,16). The van der Waals surface area contributed by atoms with E-state index in [-0.39, 0.29) is 0 Å². The van der Waals surface area contributed by atoms with Gasteiger partial charge >= 0.3 is 0 Å². The zero-order chi connectivity index (χ0) is 13.4. The van der Waals surface area contributed by atoms with Crippen LogP contribution in [0.25, 0.3) is 10.2 Å². The lowest BCUT2D eigenvalue weighted by molar-refractivity contribution is 0.172. The molecule has 2 aromatic heterocycles. The smallest absolute Gasteiger partial charge is 0.184 e. The Morgan fingerprint density at radius 2 is 2.05 bits per heavy atom. The van der Waals surface area contributed by atoms with Gasteiger partial charge in [0.25, 0.3) is 0 Å². The summed E-state index contributed by atoms with van der Waals surface area (Å²) in [6.07, 6.45) is 0. The van der Waals surface area contributed by atoms with Gasteiger partial charge < -0.3 is 14.8 Å². The molecule has 4 rings (SSSR count). The normalized spacial score (nSPS) is 13.6. The number of rotatable bonds is 3. The highest BCUT2D eigenvalue weighted by Gasteiger charge is 2.15. The van der Waals surface area contributed by atoms with Crippen molar-refractivity contribution in [2.24, 2.45) is 0 Å². The second-order valence-electron chi connectivity index (χ2n) is 4.32. The first kappa shape index (κ1) is 11.9. The number of benzene rings is 1. The Kier molecular flexibility index (Phi) is 2.93. The van der Waals surface area contributed by atoms with E-state index in [1.165, 1.54) is 0 Å². The van der Waals surface area contributed by atoms with Gasteiger partial charge in [0.15, 0.2) is 16.6 Å². The Balaban J connectivity index is 1.61. The molecule has 0 amide bonds. The van der Waals surface area contributed by atoms with Gasteiger partial charge in [-0.3, -0.25) is 0 Å². The van der Waals surface area contributed by atoms with Crippen LogP contribution < -0.4 is 14.8 Å². The minimum atomic E-state index is 0.595. The van der Waals surface area contributed by atoms with Crippen molar-refractivity contribution in [2.75, 3.05) is 18.5 Å². The molecule has 5 nitrogen and oxygen atoms in total. The maximum Gasteiger partial charge on any atom is 0.184 e. The van der Waals surface area contributed by atoms with Gasteiger partial charge in [0.1, 0.15) is 13.2 Å². The van der Waals surface area contributed by atoms with Crippen molar-refractivity contribution < 1.29 is 9.47 Å². The van der Waals surface area contributed by atoms with Crippen LogP contribution in [0.3, 0.4) is 0 Å². The molecule has 0 atom stereocenters. The van der Waals surface area contributed by atoms with Crippen LogP contribution in [0.5, 0.6) is 11.5 Å². The highest BCUT2D eigenvalue weighted by molar-refractivity contribution is 7.22. The van der Waals surface area contributed by atoms with E-state index in [1.807, 2.05) is 23.0 Å². The minimum absolute atomic E-state index is 0.595. The van der Waals surface area contributed by atoms with Crippen molar-refractivity contribution in [3.63, 3.8) is 0 Å². The Labute approximate surface area is 123 Å². The van der Waals surface area contributed by atoms with Crippen molar-refractivity contribution in [2.45, 2.75) is 6.54 Å². The second kappa shape index (κ2) is 4.92. The third kappa shape index (κ3) is 2.19. The molecule has 0 unspecified atom stereocenters. The first-order chi connectivity index (χ1) is 9.88. The van der Waals surface area contributed by atoms with Gasteiger partial charge in [-0.2, -0.15) is 0 Å². The molecular weight excluding hydrogens is 294 g/mol. The van der Waals surface area contributed by atoms with E-state index in [0.717, 1.165) is 32.5 Å². The van der Waals surface area contributed by atoms with E-state index in [0.29, 0.717) is 19.8 Å². The third-order valence-electron chi connectivity index (χ3n) is 2.96. The van der Waals surface area contributed by atoms with Crippen LogP contribution in [0, 0.1) is 0 Å². The first-order valence-electron chi connectivity index (χ1n) is 6.19. The summed E-state index contributed by atoms with van der Waals surface area (Å²) in [5, 5.41) is 6.21. The zero-order valence-corrected chi connectivity index (χ0v) is 12.1. The molecule has 7 heteroatoms. The summed E-state index contributed by atoms with van der Waals surface area (Å²) in [4.78, 5) is 8.81. The van der Waals surface area contributed by atoms with Crippen molar-refractivity contribution in [1.82, 2.24) is 9.97 Å². The number of aromatic nitrogens is 2. The van der Waals surface area contributed by atoms with Crippen LogP contribution in [0.4, 0.5) is 5.13 Å². The van der Waals surface area contributed by atoms with E-state index in [4.69, 9.17) is 9.47 Å². The topological polar surface area (TPSA) is 56.3 Å². The van der Waals surface area contributed by atoms with Crippen LogP contribution in [0.1, 0.15) is 5.69 Å². The molecule has 3 heterocycles. The molecule has 0 aliphatic carbocycles. The van der Waals surface area contributed by atoms with Gasteiger partial charge in [-0.25, -0.2) is 9.97 Å². The molecule has 102 valence electrons. The predicted molar refractivity (Wildman–Crippen MR) is 80.1 cm³/mol. The van der Waals surface area contributed by atoms with Gasteiger partial charge in [-0.15, -0.1) is 11.3 Å². The number of anilines is 1. The summed E-state index contributed by atoms with van der Waals surface area (Å²) in [7, 11) is 0. The molecule has 0 spiro atoms. The van der Waals surface area contributed by atoms with Crippen molar-refractivity contribution in [1.29, 1.82) is 0 Å². The van der Waals surface area contributed by atoms with Crippen LogP contribution in [0.2, 0.25) is 0 Å². The summed E-state index contributed by atoms with van der Waals surface area (Å²) >= 11 is 3.21. The molecule has 1 aliphatic rings. The largest absolute Gasteiger partial charge is 0.486 e. The lowest BCUT2D eigenvalue weighted by Gasteiger charge is -2.17. The molecule has 0 saturated carbocycles. The molecule has 3 aromatic rings. The van der Waals surface area contributed by atoms with E-state index in [9.17, 15) is 0 Å². The molecule has 20 heavy (non-hydrogen) atoms. The maximum atomic E-state index is 5.58. The fourth-order valence-corrected chi connectivity index (χ4v) is 3.46. The zero-order valence-electron chi connectivity index (χ0n) is 10.5. The summed E-state index contributed by atoms with van der Waals surface area (Å²) < 4.78 is 12.2. The minimum Gasteiger partial charge on any atom is -0.486 e. The Morgan fingerprint density at radius 3 is 2.85 bits per heavy atom. The number of nitrogens with one attached hydrogen (secondary N) is 1. The molecule has 1 aliphatic heterocycles. The Morgan fingerprint density at radius 1 is 1.20 bits per heavy atom. The number of ether oxygens (including phenoxy) is 2. The van der Waals surface area contributed by atoms with Crippen LogP contribution in [0.15, 0.2) is 23.0 Å². The average molecular weight is 305 g/mol. The van der Waals surface area contributed by atoms with Crippen molar-refractivity contribution in [3.8, 4) is 11.5 Å². The highest BCUT2D eigenvalue weighted by Crippen LogP contribution is 2.37. The second-order valence-corrected chi connectivity index (χ2v) is 6.07. The molecule has 0 bridgehead atoms. The predicted octanol–water partition coefficient (Wildman–Crippen LogP) is 3.14. The van der Waals surface area contributed by atoms with Crippen LogP contribution in [-0.2, 0) is 6.54 Å². The Bertz CT molecular complexity index is 696. The van der Waals surface area contributed by atoms with Gasteiger partial charge in [-0.05, 0) is 0 Å². The summed E-state index contributed by atoms with van der Waals surface area (Å²) in [5.74, 6) is 1.58. The van der Waals surface area contributed by atoms with Crippen molar-refractivity contribution >= 4 is 38.0 Å². The van der Waals surface area contributed by atoms with E-state index < -0.39 is 0 Å². The molecule has 1 N–H and O–H groups in total. The lowest BCUT2D eigenvalue weighted by Crippen LogP contribution is -2.15. The van der Waals surface area contributed by atoms with Gasteiger partial charge in [0, 0.05) is 17.5 Å². The number of hydrogen-bond donors (Lipinski definition) is 1.